The molecule has 0 atom stereocenters. The Morgan fingerprint density at radius 2 is 1.29 bits per heavy atom. The second-order valence-corrected chi connectivity index (χ2v) is 18.0. The third kappa shape index (κ3) is 9.09. The van der Waals surface area contributed by atoms with Crippen LogP contribution in [-0.2, 0) is 25.5 Å². The van der Waals surface area contributed by atoms with E-state index in [4.69, 9.17) is 9.40 Å². The maximum absolute atomic E-state index is 14.1. The Morgan fingerprint density at radius 1 is 0.615 bits per heavy atom. The molecule has 0 spiro atoms. The van der Waals surface area contributed by atoms with Gasteiger partial charge in [0.05, 0.1) is 22.4 Å². The van der Waals surface area contributed by atoms with E-state index < -0.39 is 11.6 Å². The molecule has 0 aliphatic carbocycles. The van der Waals surface area contributed by atoms with Gasteiger partial charge in [-0.05, 0) is 110 Å². The van der Waals surface area contributed by atoms with E-state index in [0.717, 1.165) is 56.2 Å². The molecule has 0 unspecified atom stereocenters. The minimum atomic E-state index is -0.621. The maximum atomic E-state index is 14.1. The van der Waals surface area contributed by atoms with Crippen LogP contribution in [0.25, 0.3) is 83.6 Å². The summed E-state index contributed by atoms with van der Waals surface area (Å²) in [6, 6.07) is 55.3. The molecule has 0 aliphatic rings. The number of imidazole rings is 1. The molecule has 0 amide bonds. The van der Waals surface area contributed by atoms with E-state index in [1.165, 1.54) is 39.9 Å². The summed E-state index contributed by atoms with van der Waals surface area (Å²) < 4.78 is 37.1. The van der Waals surface area contributed by atoms with Crippen LogP contribution in [0.1, 0.15) is 77.0 Å². The van der Waals surface area contributed by atoms with Gasteiger partial charge in [-0.3, -0.25) is 4.98 Å². The number of para-hydroxylation sites is 2. The summed E-state index contributed by atoms with van der Waals surface area (Å²) in [5, 5.41) is 1.82. The molecule has 10 rings (SSSR count). The standard InChI is InChI=1S/C43H33F2N2O.C15H16N.Ir/c1-25(2)36-21-30(27-11-6-5-7-12-27)22-37(26(3)4)41(36)47-39-16-9-8-15-38(39)46-43(47)35-14-10-13-34-33-18-17-28(23-40(33)48-42(34)35)29-19-31(44)24-32(45)20-29;1-15(2,3)13-9-10-16-14(11-13)12-7-5-4-6-8-12;/h5-13,15-26H,1-4H3;4-7,9-11H,1-3H3;/q2*-1;. The molecule has 65 heavy (non-hydrogen) atoms. The zero-order chi connectivity index (χ0) is 44.7. The van der Waals surface area contributed by atoms with E-state index in [1.807, 2.05) is 79.0 Å². The van der Waals surface area contributed by atoms with Gasteiger partial charge in [-0.25, -0.2) is 8.78 Å². The van der Waals surface area contributed by atoms with E-state index in [2.05, 4.69) is 131 Å². The maximum Gasteiger partial charge on any atom is 0.126 e. The number of aromatic nitrogens is 3. The first-order chi connectivity index (χ1) is 30.8. The van der Waals surface area contributed by atoms with Crippen LogP contribution >= 0.6 is 0 Å². The van der Waals surface area contributed by atoms with Crippen LogP contribution in [0.3, 0.4) is 0 Å². The Labute approximate surface area is 393 Å². The fraction of sp³-hybridized carbons (Fsp3) is 0.172. The van der Waals surface area contributed by atoms with Crippen LogP contribution in [0.5, 0.6) is 0 Å². The summed E-state index contributed by atoms with van der Waals surface area (Å²) in [6.07, 6.45) is 1.87. The molecule has 0 N–H and O–H groups in total. The third-order valence-electron chi connectivity index (χ3n) is 11.8. The summed E-state index contributed by atoms with van der Waals surface area (Å²) in [4.78, 5) is 9.63. The normalized spacial score (nSPS) is 11.6. The first kappa shape index (κ1) is 45.1. The molecular formula is C58H49F2IrN3O-2. The number of pyridine rings is 1. The predicted octanol–water partition coefficient (Wildman–Crippen LogP) is 16.1. The number of hydrogen-bond acceptors (Lipinski definition) is 3. The fourth-order valence-electron chi connectivity index (χ4n) is 8.44. The minimum absolute atomic E-state index is 0. The van der Waals surface area contributed by atoms with Crippen LogP contribution in [-0.4, -0.2) is 14.5 Å². The van der Waals surface area contributed by atoms with Crippen molar-refractivity contribution < 1.29 is 33.3 Å². The molecule has 0 saturated carbocycles. The van der Waals surface area contributed by atoms with Crippen molar-refractivity contribution in [1.82, 2.24) is 14.5 Å². The van der Waals surface area contributed by atoms with Crippen LogP contribution in [0.2, 0.25) is 0 Å². The molecule has 327 valence electrons. The number of halogens is 2. The SMILES string of the molecule is CC(C)(C)c1ccnc(-c2[c-]cccc2)c1.CC(C)c1cc(-c2ccccc2)cc(C(C)C)c1-n1c(-c2[c-]ccc3c2oc2cc(-c4cc(F)cc(F)c4)ccc23)nc2ccccc21.[Ir]. The zero-order valence-electron chi connectivity index (χ0n) is 37.5. The second-order valence-electron chi connectivity index (χ2n) is 18.0. The van der Waals surface area contributed by atoms with E-state index in [0.29, 0.717) is 22.3 Å². The Kier molecular flexibility index (Phi) is 12.8. The van der Waals surface area contributed by atoms with Gasteiger partial charge in [0.15, 0.2) is 0 Å². The Morgan fingerprint density at radius 3 is 1.97 bits per heavy atom. The van der Waals surface area contributed by atoms with Crippen LogP contribution in [0.4, 0.5) is 8.78 Å². The number of fused-ring (bicyclic) bond motifs is 4. The number of furan rings is 1. The van der Waals surface area contributed by atoms with E-state index in [9.17, 15) is 8.78 Å². The van der Waals surface area contributed by atoms with Gasteiger partial charge in [-0.2, -0.15) is 0 Å². The molecule has 3 heterocycles. The van der Waals surface area contributed by atoms with E-state index in [1.54, 1.807) is 0 Å². The van der Waals surface area contributed by atoms with Crippen molar-refractivity contribution in [3.05, 3.63) is 198 Å². The fourth-order valence-corrected chi connectivity index (χ4v) is 8.44. The average molecular weight is 1030 g/mol. The molecule has 7 heteroatoms. The quantitative estimate of drug-likeness (QED) is 0.149. The summed E-state index contributed by atoms with van der Waals surface area (Å²) in [5.41, 5.74) is 14.5. The monoisotopic (exact) mass is 1030 g/mol. The van der Waals surface area contributed by atoms with Crippen molar-refractivity contribution in [2.45, 2.75) is 65.7 Å². The molecular weight excluding hydrogens is 985 g/mol. The first-order valence-corrected chi connectivity index (χ1v) is 21.8. The molecule has 4 nitrogen and oxygen atoms in total. The van der Waals surface area contributed by atoms with Gasteiger partial charge < -0.3 is 14.0 Å². The first-order valence-electron chi connectivity index (χ1n) is 21.8. The smallest absolute Gasteiger partial charge is 0.126 e. The van der Waals surface area contributed by atoms with Gasteiger partial charge >= 0.3 is 0 Å². The summed E-state index contributed by atoms with van der Waals surface area (Å²) in [6.45, 7) is 15.6. The number of nitrogens with zero attached hydrogens (tertiary/aromatic N) is 3. The van der Waals surface area contributed by atoms with Gasteiger partial charge in [0.1, 0.15) is 17.2 Å². The molecule has 1 radical (unpaired) electrons. The largest absolute Gasteiger partial charge is 0.501 e. The van der Waals surface area contributed by atoms with E-state index >= 15 is 0 Å². The molecule has 0 saturated heterocycles. The Balaban J connectivity index is 0.000000287. The second kappa shape index (κ2) is 18.5. The van der Waals surface area contributed by atoms with Crippen molar-refractivity contribution in [3.63, 3.8) is 0 Å². The molecule has 10 aromatic rings. The Hall–Kier alpha value is -6.53. The number of rotatable bonds is 7. The van der Waals surface area contributed by atoms with Crippen molar-refractivity contribution in [1.29, 1.82) is 0 Å². The van der Waals surface area contributed by atoms with Crippen LogP contribution in [0.15, 0.2) is 162 Å². The van der Waals surface area contributed by atoms with Crippen molar-refractivity contribution in [3.8, 4) is 50.6 Å². The summed E-state index contributed by atoms with van der Waals surface area (Å²) in [5.74, 6) is -0.0448. The third-order valence-corrected chi connectivity index (χ3v) is 11.8. The van der Waals surface area contributed by atoms with Crippen molar-refractivity contribution in [2.24, 2.45) is 0 Å². The molecule has 0 aliphatic heterocycles. The van der Waals surface area contributed by atoms with Crippen molar-refractivity contribution in [2.75, 3.05) is 0 Å². The minimum Gasteiger partial charge on any atom is -0.501 e. The molecule has 7 aromatic carbocycles. The van der Waals surface area contributed by atoms with E-state index in [-0.39, 0.29) is 37.4 Å². The van der Waals surface area contributed by atoms with Crippen LogP contribution in [0, 0.1) is 23.8 Å². The van der Waals surface area contributed by atoms with Gasteiger partial charge in [-0.15, -0.1) is 54.1 Å². The molecule has 0 bridgehead atoms. The molecule has 0 fully saturated rings. The van der Waals surface area contributed by atoms with Gasteiger partial charge in [0.25, 0.3) is 0 Å². The molecule has 3 aromatic heterocycles. The number of hydrogen-bond donors (Lipinski definition) is 0. The van der Waals surface area contributed by atoms with Gasteiger partial charge in [0, 0.05) is 43.4 Å². The van der Waals surface area contributed by atoms with Crippen LogP contribution < -0.4 is 0 Å². The number of benzene rings is 7. The predicted molar refractivity (Wildman–Crippen MR) is 259 cm³/mol. The topological polar surface area (TPSA) is 43.9 Å². The van der Waals surface area contributed by atoms with Crippen molar-refractivity contribution >= 4 is 33.0 Å². The summed E-state index contributed by atoms with van der Waals surface area (Å²) >= 11 is 0. The van der Waals surface area contributed by atoms with Gasteiger partial charge in [0.2, 0.25) is 0 Å². The Bertz CT molecular complexity index is 3240. The zero-order valence-corrected chi connectivity index (χ0v) is 39.9. The average Bonchev–Trinajstić information content (AvgIpc) is 3.87. The van der Waals surface area contributed by atoms with Gasteiger partial charge in [-0.1, -0.05) is 120 Å². The summed E-state index contributed by atoms with van der Waals surface area (Å²) in [7, 11) is 0.